The van der Waals surface area contributed by atoms with Gasteiger partial charge in [-0.2, -0.15) is 0 Å². The first-order chi connectivity index (χ1) is 8.86. The van der Waals surface area contributed by atoms with Crippen LogP contribution in [0.2, 0.25) is 0 Å². The zero-order chi connectivity index (χ0) is 13.1. The van der Waals surface area contributed by atoms with E-state index in [0.717, 1.165) is 44.9 Å². The Morgan fingerprint density at radius 2 is 1.83 bits per heavy atom. The van der Waals surface area contributed by atoms with Gasteiger partial charge in [0.1, 0.15) is 5.75 Å². The Labute approximate surface area is 110 Å². The highest BCUT2D eigenvalue weighted by Crippen LogP contribution is 2.12. The summed E-state index contributed by atoms with van der Waals surface area (Å²) in [5.74, 6) is 0.964. The average molecular weight is 251 g/mol. The second kappa shape index (κ2) is 9.92. The van der Waals surface area contributed by atoms with Crippen molar-refractivity contribution in [1.82, 2.24) is 5.32 Å². The fraction of sp³-hybridized carbons (Fsp3) is 0.600. The van der Waals surface area contributed by atoms with Crippen molar-refractivity contribution in [2.75, 3.05) is 26.9 Å². The van der Waals surface area contributed by atoms with Gasteiger partial charge in [0.2, 0.25) is 0 Å². The highest BCUT2D eigenvalue weighted by molar-refractivity contribution is 5.27. The molecule has 0 aliphatic carbocycles. The van der Waals surface area contributed by atoms with Crippen LogP contribution in [-0.4, -0.2) is 26.9 Å². The first-order valence-corrected chi connectivity index (χ1v) is 6.78. The molecule has 0 atom stereocenters. The summed E-state index contributed by atoms with van der Waals surface area (Å²) in [5.41, 5.74) is 1.29. The van der Waals surface area contributed by atoms with Gasteiger partial charge >= 0.3 is 0 Å². The number of hydrogen-bond acceptors (Lipinski definition) is 3. The van der Waals surface area contributed by atoms with E-state index < -0.39 is 0 Å². The first kappa shape index (κ1) is 15.0. The maximum absolute atomic E-state index is 5.62. The molecule has 0 aliphatic rings. The van der Waals surface area contributed by atoms with Crippen molar-refractivity contribution in [1.29, 1.82) is 0 Å². The predicted octanol–water partition coefficient (Wildman–Crippen LogP) is 2.99. The van der Waals surface area contributed by atoms with Gasteiger partial charge in [-0.05, 0) is 37.1 Å². The Hall–Kier alpha value is -1.06. The highest BCUT2D eigenvalue weighted by Gasteiger charge is 1.95. The molecule has 0 amide bonds. The zero-order valence-electron chi connectivity index (χ0n) is 11.6. The van der Waals surface area contributed by atoms with Crippen LogP contribution in [0.25, 0.3) is 0 Å². The lowest BCUT2D eigenvalue weighted by Gasteiger charge is -2.07. The molecule has 0 aliphatic heterocycles. The molecular weight excluding hydrogens is 226 g/mol. The van der Waals surface area contributed by atoms with E-state index >= 15 is 0 Å². The standard InChI is InChI=1S/C15H25NO2/c1-3-4-12-18-15-8-6-14(7-9-15)13-16-10-5-11-17-2/h6-9,16H,3-5,10-13H2,1-2H3. The minimum Gasteiger partial charge on any atom is -0.494 e. The lowest BCUT2D eigenvalue weighted by atomic mass is 10.2. The van der Waals surface area contributed by atoms with Crippen molar-refractivity contribution < 1.29 is 9.47 Å². The second-order valence-electron chi connectivity index (χ2n) is 4.37. The summed E-state index contributed by atoms with van der Waals surface area (Å²) in [6, 6.07) is 8.32. The lowest BCUT2D eigenvalue weighted by molar-refractivity contribution is 0.194. The van der Waals surface area contributed by atoms with Crippen LogP contribution in [0.4, 0.5) is 0 Å². The zero-order valence-corrected chi connectivity index (χ0v) is 11.6. The highest BCUT2D eigenvalue weighted by atomic mass is 16.5. The average Bonchev–Trinajstić information content (AvgIpc) is 2.40. The molecule has 0 aromatic heterocycles. The van der Waals surface area contributed by atoms with Gasteiger partial charge in [0, 0.05) is 20.3 Å². The van der Waals surface area contributed by atoms with Crippen LogP contribution < -0.4 is 10.1 Å². The van der Waals surface area contributed by atoms with Crippen molar-refractivity contribution in [2.24, 2.45) is 0 Å². The van der Waals surface area contributed by atoms with Gasteiger partial charge in [0.25, 0.3) is 0 Å². The molecule has 0 heterocycles. The third kappa shape index (κ3) is 6.62. The SMILES string of the molecule is CCCCOc1ccc(CNCCCOC)cc1. The Morgan fingerprint density at radius 1 is 1.06 bits per heavy atom. The van der Waals surface area contributed by atoms with Crippen LogP contribution in [0.15, 0.2) is 24.3 Å². The summed E-state index contributed by atoms with van der Waals surface area (Å²) in [5, 5.41) is 3.39. The summed E-state index contributed by atoms with van der Waals surface area (Å²) >= 11 is 0. The molecule has 0 fully saturated rings. The van der Waals surface area contributed by atoms with E-state index in [2.05, 4.69) is 24.4 Å². The number of hydrogen-bond donors (Lipinski definition) is 1. The predicted molar refractivity (Wildman–Crippen MR) is 75.0 cm³/mol. The second-order valence-corrected chi connectivity index (χ2v) is 4.37. The minimum atomic E-state index is 0.811. The maximum Gasteiger partial charge on any atom is 0.119 e. The van der Waals surface area contributed by atoms with Gasteiger partial charge in [-0.25, -0.2) is 0 Å². The first-order valence-electron chi connectivity index (χ1n) is 6.78. The fourth-order valence-corrected chi connectivity index (χ4v) is 1.61. The van der Waals surface area contributed by atoms with Crippen molar-refractivity contribution in [2.45, 2.75) is 32.7 Å². The molecule has 0 radical (unpaired) electrons. The molecule has 18 heavy (non-hydrogen) atoms. The van der Waals surface area contributed by atoms with Crippen LogP contribution in [0.1, 0.15) is 31.7 Å². The Morgan fingerprint density at radius 3 is 2.50 bits per heavy atom. The van der Waals surface area contributed by atoms with E-state index in [0.29, 0.717) is 0 Å². The number of unbranched alkanes of at least 4 members (excludes halogenated alkanes) is 1. The van der Waals surface area contributed by atoms with Crippen molar-refractivity contribution in [3.05, 3.63) is 29.8 Å². The van der Waals surface area contributed by atoms with Crippen molar-refractivity contribution in [3.63, 3.8) is 0 Å². The molecule has 3 heteroatoms. The molecule has 102 valence electrons. The van der Waals surface area contributed by atoms with E-state index in [1.54, 1.807) is 7.11 Å². The smallest absolute Gasteiger partial charge is 0.119 e. The maximum atomic E-state index is 5.62. The molecule has 1 aromatic rings. The number of nitrogens with one attached hydrogen (secondary N) is 1. The van der Waals surface area contributed by atoms with Crippen LogP contribution in [0.3, 0.4) is 0 Å². The lowest BCUT2D eigenvalue weighted by Crippen LogP contribution is -2.16. The van der Waals surface area contributed by atoms with Gasteiger partial charge in [0.15, 0.2) is 0 Å². The van der Waals surface area contributed by atoms with Crippen molar-refractivity contribution in [3.8, 4) is 5.75 Å². The third-order valence-corrected chi connectivity index (χ3v) is 2.72. The van der Waals surface area contributed by atoms with Crippen molar-refractivity contribution >= 4 is 0 Å². The molecule has 0 saturated heterocycles. The monoisotopic (exact) mass is 251 g/mol. The number of methoxy groups -OCH3 is 1. The Kier molecular flexibility index (Phi) is 8.26. The van der Waals surface area contributed by atoms with Gasteiger partial charge < -0.3 is 14.8 Å². The molecule has 0 spiro atoms. The molecule has 0 unspecified atom stereocenters. The number of ether oxygens (including phenoxy) is 2. The number of rotatable bonds is 10. The van der Waals surface area contributed by atoms with Crippen LogP contribution in [-0.2, 0) is 11.3 Å². The van der Waals surface area contributed by atoms with Gasteiger partial charge in [-0.15, -0.1) is 0 Å². The summed E-state index contributed by atoms with van der Waals surface area (Å²) in [7, 11) is 1.73. The molecule has 0 bridgehead atoms. The van der Waals surface area contributed by atoms with E-state index in [-0.39, 0.29) is 0 Å². The molecule has 1 N–H and O–H groups in total. The quantitative estimate of drug-likeness (QED) is 0.648. The Bertz CT molecular complexity index is 298. The van der Waals surface area contributed by atoms with E-state index in [9.17, 15) is 0 Å². The van der Waals surface area contributed by atoms with Crippen LogP contribution >= 0.6 is 0 Å². The van der Waals surface area contributed by atoms with Gasteiger partial charge in [0.05, 0.1) is 6.61 Å². The van der Waals surface area contributed by atoms with Gasteiger partial charge in [-0.1, -0.05) is 25.5 Å². The van der Waals surface area contributed by atoms with Crippen LogP contribution in [0, 0.1) is 0 Å². The summed E-state index contributed by atoms with van der Waals surface area (Å²) < 4.78 is 10.6. The minimum absolute atomic E-state index is 0.811. The van der Waals surface area contributed by atoms with Crippen LogP contribution in [0.5, 0.6) is 5.75 Å². The Balaban J connectivity index is 2.19. The summed E-state index contributed by atoms with van der Waals surface area (Å²) in [6.45, 7) is 5.69. The van der Waals surface area contributed by atoms with E-state index in [1.165, 1.54) is 12.0 Å². The molecule has 0 saturated carbocycles. The van der Waals surface area contributed by atoms with E-state index in [4.69, 9.17) is 9.47 Å². The molecular formula is C15H25NO2. The largest absolute Gasteiger partial charge is 0.494 e. The molecule has 1 aromatic carbocycles. The fourth-order valence-electron chi connectivity index (χ4n) is 1.61. The third-order valence-electron chi connectivity index (χ3n) is 2.72. The van der Waals surface area contributed by atoms with E-state index in [1.807, 2.05) is 12.1 Å². The molecule has 1 rings (SSSR count). The normalized spacial score (nSPS) is 10.6. The number of benzene rings is 1. The van der Waals surface area contributed by atoms with Gasteiger partial charge in [-0.3, -0.25) is 0 Å². The topological polar surface area (TPSA) is 30.5 Å². The summed E-state index contributed by atoms with van der Waals surface area (Å²) in [4.78, 5) is 0. The summed E-state index contributed by atoms with van der Waals surface area (Å²) in [6.07, 6.45) is 3.33. The molecule has 3 nitrogen and oxygen atoms in total.